The van der Waals surface area contributed by atoms with E-state index in [4.69, 9.17) is 4.74 Å². The fourth-order valence-electron chi connectivity index (χ4n) is 3.23. The first-order valence-corrected chi connectivity index (χ1v) is 7.03. The van der Waals surface area contributed by atoms with Crippen LogP contribution in [0, 0.1) is 0 Å². The number of nitrogens with zero attached hydrogens (tertiary/aromatic N) is 1. The van der Waals surface area contributed by atoms with E-state index in [9.17, 15) is 4.79 Å². The molecule has 2 aliphatic heterocycles. The van der Waals surface area contributed by atoms with E-state index in [1.807, 2.05) is 11.8 Å². The van der Waals surface area contributed by atoms with Crippen molar-refractivity contribution in [1.82, 2.24) is 10.2 Å². The molecular weight excluding hydrogens is 228 g/mol. The van der Waals surface area contributed by atoms with E-state index in [0.717, 1.165) is 25.9 Å². The van der Waals surface area contributed by atoms with Crippen LogP contribution in [0.3, 0.4) is 0 Å². The molecule has 0 aliphatic carbocycles. The van der Waals surface area contributed by atoms with Crippen molar-refractivity contribution in [2.75, 3.05) is 6.61 Å². The molecule has 2 saturated heterocycles. The average Bonchev–Trinajstić information content (AvgIpc) is 2.49. The summed E-state index contributed by atoms with van der Waals surface area (Å²) in [4.78, 5) is 14.7. The summed E-state index contributed by atoms with van der Waals surface area (Å²) < 4.78 is 5.75. The van der Waals surface area contributed by atoms with E-state index in [0.29, 0.717) is 6.04 Å². The molecule has 104 valence electrons. The molecular formula is C14H26N2O2. The van der Waals surface area contributed by atoms with E-state index >= 15 is 0 Å². The number of hydrogen-bond donors (Lipinski definition) is 1. The molecule has 2 heterocycles. The lowest BCUT2D eigenvalue weighted by atomic mass is 9.91. The van der Waals surface area contributed by atoms with E-state index in [1.54, 1.807) is 0 Å². The summed E-state index contributed by atoms with van der Waals surface area (Å²) in [6.07, 6.45) is 2.83. The summed E-state index contributed by atoms with van der Waals surface area (Å²) in [5.41, 5.74) is -0.504. The molecule has 0 saturated carbocycles. The topological polar surface area (TPSA) is 41.6 Å². The highest BCUT2D eigenvalue weighted by Gasteiger charge is 2.48. The summed E-state index contributed by atoms with van der Waals surface area (Å²) in [6, 6.07) is 0.303. The SMILES string of the molecule is CCC1(C)NC(C)N(C2CCOC(C)(C)C2)C1=O. The van der Waals surface area contributed by atoms with Crippen LogP contribution in [0.5, 0.6) is 0 Å². The second-order valence-corrected chi connectivity index (χ2v) is 6.47. The summed E-state index contributed by atoms with van der Waals surface area (Å²) in [6.45, 7) is 11.1. The Balaban J connectivity index is 2.16. The number of carbonyl (C=O) groups is 1. The minimum Gasteiger partial charge on any atom is -0.375 e. The van der Waals surface area contributed by atoms with Gasteiger partial charge in [-0.1, -0.05) is 6.92 Å². The first kappa shape index (κ1) is 13.8. The third-order valence-electron chi connectivity index (χ3n) is 4.42. The molecule has 2 rings (SSSR count). The van der Waals surface area contributed by atoms with Crippen LogP contribution in [-0.2, 0) is 9.53 Å². The fourth-order valence-corrected chi connectivity index (χ4v) is 3.23. The molecule has 0 bridgehead atoms. The van der Waals surface area contributed by atoms with Crippen LogP contribution >= 0.6 is 0 Å². The Hall–Kier alpha value is -0.610. The Morgan fingerprint density at radius 2 is 2.11 bits per heavy atom. The van der Waals surface area contributed by atoms with E-state index < -0.39 is 0 Å². The van der Waals surface area contributed by atoms with Crippen LogP contribution in [0.25, 0.3) is 0 Å². The van der Waals surface area contributed by atoms with Gasteiger partial charge in [-0.25, -0.2) is 0 Å². The van der Waals surface area contributed by atoms with Gasteiger partial charge in [-0.05, 0) is 47.0 Å². The lowest BCUT2D eigenvalue weighted by Crippen LogP contribution is -2.50. The molecule has 0 aromatic carbocycles. The molecule has 3 unspecified atom stereocenters. The highest BCUT2D eigenvalue weighted by atomic mass is 16.5. The van der Waals surface area contributed by atoms with Gasteiger partial charge in [-0.15, -0.1) is 0 Å². The maximum atomic E-state index is 12.6. The molecule has 1 amide bonds. The average molecular weight is 254 g/mol. The molecule has 2 aliphatic rings. The van der Waals surface area contributed by atoms with Crippen LogP contribution in [0.4, 0.5) is 0 Å². The number of ether oxygens (including phenoxy) is 1. The van der Waals surface area contributed by atoms with Crippen LogP contribution < -0.4 is 5.32 Å². The van der Waals surface area contributed by atoms with E-state index in [2.05, 4.69) is 33.0 Å². The predicted octanol–water partition coefficient (Wildman–Crippen LogP) is 1.89. The monoisotopic (exact) mass is 254 g/mol. The smallest absolute Gasteiger partial charge is 0.244 e. The second kappa shape index (κ2) is 4.49. The fraction of sp³-hybridized carbons (Fsp3) is 0.929. The van der Waals surface area contributed by atoms with Crippen molar-refractivity contribution in [3.8, 4) is 0 Å². The summed E-state index contributed by atoms with van der Waals surface area (Å²) in [5.74, 6) is 0.250. The second-order valence-electron chi connectivity index (χ2n) is 6.47. The van der Waals surface area contributed by atoms with Crippen molar-refractivity contribution in [3.05, 3.63) is 0 Å². The largest absolute Gasteiger partial charge is 0.375 e. The molecule has 0 radical (unpaired) electrons. The zero-order valence-electron chi connectivity index (χ0n) is 12.2. The van der Waals surface area contributed by atoms with Crippen molar-refractivity contribution in [2.24, 2.45) is 0 Å². The minimum absolute atomic E-state index is 0.117. The van der Waals surface area contributed by atoms with Gasteiger partial charge in [-0.3, -0.25) is 10.1 Å². The Labute approximate surface area is 110 Å². The molecule has 2 fully saturated rings. The van der Waals surface area contributed by atoms with Crippen LogP contribution in [-0.4, -0.2) is 40.8 Å². The Kier molecular flexibility index (Phi) is 3.45. The Bertz CT molecular complexity index is 343. The van der Waals surface area contributed by atoms with Gasteiger partial charge in [0.05, 0.1) is 17.3 Å². The number of nitrogens with one attached hydrogen (secondary N) is 1. The molecule has 0 aromatic rings. The van der Waals surface area contributed by atoms with Crippen LogP contribution in [0.2, 0.25) is 0 Å². The maximum absolute atomic E-state index is 12.6. The predicted molar refractivity (Wildman–Crippen MR) is 71.2 cm³/mol. The third-order valence-corrected chi connectivity index (χ3v) is 4.42. The van der Waals surface area contributed by atoms with Crippen molar-refractivity contribution >= 4 is 5.91 Å². The first-order valence-electron chi connectivity index (χ1n) is 7.03. The quantitative estimate of drug-likeness (QED) is 0.818. The first-order chi connectivity index (χ1) is 8.29. The molecule has 4 heteroatoms. The lowest BCUT2D eigenvalue weighted by Gasteiger charge is -2.41. The standard InChI is InChI=1S/C14H26N2O2/c1-6-14(5)12(17)16(10(2)15-14)11-7-8-18-13(3,4)9-11/h10-11,15H,6-9H2,1-5H3. The number of carbonyl (C=O) groups excluding carboxylic acids is 1. The van der Waals surface area contributed by atoms with Gasteiger partial charge in [0.1, 0.15) is 0 Å². The molecule has 0 aromatic heterocycles. The highest BCUT2D eigenvalue weighted by Crippen LogP contribution is 2.33. The van der Waals surface area contributed by atoms with E-state index in [1.165, 1.54) is 0 Å². The van der Waals surface area contributed by atoms with Crippen molar-refractivity contribution in [1.29, 1.82) is 0 Å². The third kappa shape index (κ3) is 2.28. The normalized spacial score (nSPS) is 40.3. The van der Waals surface area contributed by atoms with Crippen LogP contribution in [0.15, 0.2) is 0 Å². The van der Waals surface area contributed by atoms with Gasteiger partial charge in [0, 0.05) is 12.6 Å². The van der Waals surface area contributed by atoms with Gasteiger partial charge >= 0.3 is 0 Å². The van der Waals surface area contributed by atoms with E-state index in [-0.39, 0.29) is 23.2 Å². The molecule has 18 heavy (non-hydrogen) atoms. The summed E-state index contributed by atoms with van der Waals surface area (Å²) in [5, 5.41) is 3.44. The zero-order valence-corrected chi connectivity index (χ0v) is 12.2. The summed E-state index contributed by atoms with van der Waals surface area (Å²) >= 11 is 0. The maximum Gasteiger partial charge on any atom is 0.244 e. The number of hydrogen-bond acceptors (Lipinski definition) is 3. The van der Waals surface area contributed by atoms with Gasteiger partial charge < -0.3 is 9.64 Å². The van der Waals surface area contributed by atoms with Gasteiger partial charge in [0.15, 0.2) is 0 Å². The highest BCUT2D eigenvalue weighted by molar-refractivity contribution is 5.88. The van der Waals surface area contributed by atoms with Crippen LogP contribution in [0.1, 0.15) is 53.9 Å². The molecule has 0 spiro atoms. The van der Waals surface area contributed by atoms with Gasteiger partial charge in [0.2, 0.25) is 5.91 Å². The number of rotatable bonds is 2. The summed E-state index contributed by atoms with van der Waals surface area (Å²) in [7, 11) is 0. The Morgan fingerprint density at radius 3 is 2.61 bits per heavy atom. The van der Waals surface area contributed by atoms with Crippen molar-refractivity contribution < 1.29 is 9.53 Å². The van der Waals surface area contributed by atoms with Crippen molar-refractivity contribution in [2.45, 2.75) is 77.2 Å². The zero-order chi connectivity index (χ0) is 13.6. The lowest BCUT2D eigenvalue weighted by molar-refractivity contribution is -0.141. The molecule has 4 nitrogen and oxygen atoms in total. The molecule has 3 atom stereocenters. The van der Waals surface area contributed by atoms with Gasteiger partial charge in [-0.2, -0.15) is 0 Å². The number of amides is 1. The minimum atomic E-state index is -0.387. The van der Waals surface area contributed by atoms with Crippen molar-refractivity contribution in [3.63, 3.8) is 0 Å². The Morgan fingerprint density at radius 1 is 1.44 bits per heavy atom. The van der Waals surface area contributed by atoms with Gasteiger partial charge in [0.25, 0.3) is 0 Å². The molecule has 1 N–H and O–H groups in total.